The fourth-order valence-electron chi connectivity index (χ4n) is 5.23. The van der Waals surface area contributed by atoms with Gasteiger partial charge >= 0.3 is 5.97 Å². The Morgan fingerprint density at radius 3 is 2.07 bits per heavy atom. The molecule has 0 unspecified atom stereocenters. The molecule has 0 bridgehead atoms. The number of hydrogen-bond acceptors (Lipinski definition) is 4. The van der Waals surface area contributed by atoms with Crippen LogP contribution in [0.5, 0.6) is 5.75 Å². The highest BCUT2D eigenvalue weighted by Crippen LogP contribution is 2.47. The molecule has 2 heterocycles. The van der Waals surface area contributed by atoms with Gasteiger partial charge in [-0.05, 0) is 50.8 Å². The van der Waals surface area contributed by atoms with E-state index in [1.807, 2.05) is 19.1 Å². The summed E-state index contributed by atoms with van der Waals surface area (Å²) in [4.78, 5) is 11.5. The number of carbonyl (C=O) groups excluding carboxylic acids is 1. The molecular weight excluding hydrogens is 376 g/mol. The minimum Gasteiger partial charge on any atom is -0.508 e. The number of phenolic OH excluding ortho intramolecular Hbond substituents is 1. The molecule has 0 spiro atoms. The molecule has 168 valence electrons. The topological polar surface area (TPSA) is 55.8 Å². The highest BCUT2D eigenvalue weighted by atomic mass is 16.6. The lowest BCUT2D eigenvalue weighted by atomic mass is 9.87. The predicted octanol–water partition coefficient (Wildman–Crippen LogP) is 6.48. The van der Waals surface area contributed by atoms with Crippen molar-refractivity contribution in [2.24, 2.45) is 0 Å². The molecule has 1 N–H and O–H groups in total. The van der Waals surface area contributed by atoms with Gasteiger partial charge < -0.3 is 14.6 Å². The van der Waals surface area contributed by atoms with Crippen molar-refractivity contribution in [3.63, 3.8) is 0 Å². The van der Waals surface area contributed by atoms with E-state index in [0.717, 1.165) is 19.3 Å². The van der Waals surface area contributed by atoms with Crippen LogP contribution in [0.25, 0.3) is 0 Å². The summed E-state index contributed by atoms with van der Waals surface area (Å²) in [7, 11) is 0. The van der Waals surface area contributed by atoms with Gasteiger partial charge in [-0.25, -0.2) is 0 Å². The van der Waals surface area contributed by atoms with Crippen LogP contribution in [0.2, 0.25) is 0 Å². The third-order valence-corrected chi connectivity index (χ3v) is 6.89. The normalized spacial score (nSPS) is 27.9. The summed E-state index contributed by atoms with van der Waals surface area (Å²) in [6, 6.07) is 7.60. The first-order valence-electron chi connectivity index (χ1n) is 12.1. The van der Waals surface area contributed by atoms with Crippen LogP contribution in [0.4, 0.5) is 0 Å². The number of unbranched alkanes of at least 4 members (excludes halogenated alkanes) is 9. The van der Waals surface area contributed by atoms with Crippen LogP contribution in [0.15, 0.2) is 24.3 Å². The Labute approximate surface area is 182 Å². The van der Waals surface area contributed by atoms with E-state index in [0.29, 0.717) is 12.2 Å². The van der Waals surface area contributed by atoms with Gasteiger partial charge in [0, 0.05) is 6.42 Å². The number of benzene rings is 1. The summed E-state index contributed by atoms with van der Waals surface area (Å²) in [5.74, 6) is 0.241. The van der Waals surface area contributed by atoms with Crippen molar-refractivity contribution in [1.82, 2.24) is 0 Å². The quantitative estimate of drug-likeness (QED) is 0.295. The molecule has 2 aliphatic rings. The molecule has 3 rings (SSSR count). The molecule has 0 amide bonds. The van der Waals surface area contributed by atoms with Crippen LogP contribution in [0, 0.1) is 0 Å². The second kappa shape index (κ2) is 10.7. The zero-order valence-corrected chi connectivity index (χ0v) is 19.0. The van der Waals surface area contributed by atoms with Crippen LogP contribution < -0.4 is 0 Å². The van der Waals surface area contributed by atoms with E-state index in [9.17, 15) is 9.90 Å². The summed E-state index contributed by atoms with van der Waals surface area (Å²) in [5, 5.41) is 9.31. The first-order valence-corrected chi connectivity index (χ1v) is 12.1. The fourth-order valence-corrected chi connectivity index (χ4v) is 5.23. The van der Waals surface area contributed by atoms with Crippen molar-refractivity contribution in [3.05, 3.63) is 29.8 Å². The Kier molecular flexibility index (Phi) is 8.21. The van der Waals surface area contributed by atoms with E-state index in [4.69, 9.17) is 9.47 Å². The zero-order valence-electron chi connectivity index (χ0n) is 19.0. The van der Waals surface area contributed by atoms with Crippen molar-refractivity contribution >= 4 is 5.97 Å². The van der Waals surface area contributed by atoms with Crippen LogP contribution in [-0.2, 0) is 20.7 Å². The van der Waals surface area contributed by atoms with Gasteiger partial charge in [0.15, 0.2) is 0 Å². The van der Waals surface area contributed by atoms with Crippen molar-refractivity contribution in [2.45, 2.75) is 121 Å². The maximum absolute atomic E-state index is 11.5. The first kappa shape index (κ1) is 23.1. The van der Waals surface area contributed by atoms with Crippen LogP contribution in [0.1, 0.15) is 103 Å². The maximum Gasteiger partial charge on any atom is 0.309 e. The van der Waals surface area contributed by atoms with Gasteiger partial charge in [0.05, 0.1) is 12.0 Å². The molecule has 0 aromatic heterocycles. The highest BCUT2D eigenvalue weighted by Gasteiger charge is 2.57. The summed E-state index contributed by atoms with van der Waals surface area (Å²) in [6.45, 7) is 4.22. The Bertz CT molecular complexity index is 670. The van der Waals surface area contributed by atoms with E-state index in [2.05, 4.69) is 6.92 Å². The number of aromatic hydroxyl groups is 1. The predicted molar refractivity (Wildman–Crippen MR) is 120 cm³/mol. The van der Waals surface area contributed by atoms with Gasteiger partial charge in [0.25, 0.3) is 0 Å². The largest absolute Gasteiger partial charge is 0.508 e. The SMILES string of the molecule is C[C@]1(CCCCCCCCCCCCc2ccc(O)cc2)C[C@@]2(C)OC(=O)C[C@H]2O1. The summed E-state index contributed by atoms with van der Waals surface area (Å²) >= 11 is 0. The molecule has 0 radical (unpaired) electrons. The molecule has 3 atom stereocenters. The molecular formula is C26H40O4. The average Bonchev–Trinajstić information content (AvgIpc) is 3.09. The molecule has 2 fully saturated rings. The second-order valence-electron chi connectivity index (χ2n) is 9.93. The zero-order chi connectivity index (χ0) is 21.5. The summed E-state index contributed by atoms with van der Waals surface area (Å²) in [6.07, 6.45) is 16.4. The van der Waals surface area contributed by atoms with Gasteiger partial charge in [0.1, 0.15) is 17.5 Å². The number of rotatable bonds is 13. The number of aryl methyl sites for hydroxylation is 1. The van der Waals surface area contributed by atoms with Crippen LogP contribution in [-0.4, -0.2) is 28.4 Å². The third-order valence-electron chi connectivity index (χ3n) is 6.89. The number of esters is 1. The van der Waals surface area contributed by atoms with Gasteiger partial charge in [-0.1, -0.05) is 69.9 Å². The average molecular weight is 417 g/mol. The van der Waals surface area contributed by atoms with Crippen molar-refractivity contribution in [1.29, 1.82) is 0 Å². The van der Waals surface area contributed by atoms with Crippen molar-refractivity contribution < 1.29 is 19.4 Å². The lowest BCUT2D eigenvalue weighted by Gasteiger charge is -2.25. The molecule has 2 aliphatic heterocycles. The van der Waals surface area contributed by atoms with Crippen LogP contribution >= 0.6 is 0 Å². The molecule has 30 heavy (non-hydrogen) atoms. The van der Waals surface area contributed by atoms with Gasteiger partial charge in [-0.15, -0.1) is 0 Å². The number of carbonyl (C=O) groups is 1. The molecule has 1 aromatic carbocycles. The summed E-state index contributed by atoms with van der Waals surface area (Å²) < 4.78 is 11.7. The third kappa shape index (κ3) is 6.73. The standard InChI is InChI=1S/C26H40O4/c1-25(20-26(2)23(29-25)19-24(28)30-26)18-12-10-8-6-4-3-5-7-9-11-13-21-14-16-22(27)17-15-21/h14-17,23,27H,3-13,18-20H2,1-2H3/t23-,25+,26-/m1/s1. The van der Waals surface area contributed by atoms with Crippen molar-refractivity contribution in [2.75, 3.05) is 0 Å². The monoisotopic (exact) mass is 416 g/mol. The Balaban J connectivity index is 1.13. The fraction of sp³-hybridized carbons (Fsp3) is 0.731. The number of fused-ring (bicyclic) bond motifs is 1. The van der Waals surface area contributed by atoms with E-state index in [-0.39, 0.29) is 17.7 Å². The minimum atomic E-state index is -0.393. The van der Waals surface area contributed by atoms with Crippen molar-refractivity contribution in [3.8, 4) is 5.75 Å². The van der Waals surface area contributed by atoms with E-state index in [1.165, 1.54) is 69.8 Å². The molecule has 4 heteroatoms. The van der Waals surface area contributed by atoms with E-state index in [1.54, 1.807) is 12.1 Å². The number of hydrogen-bond donors (Lipinski definition) is 1. The Hall–Kier alpha value is -1.55. The summed E-state index contributed by atoms with van der Waals surface area (Å²) in [5.41, 5.74) is 0.804. The van der Waals surface area contributed by atoms with Crippen LogP contribution in [0.3, 0.4) is 0 Å². The maximum atomic E-state index is 11.5. The molecule has 1 aromatic rings. The first-order chi connectivity index (χ1) is 14.4. The number of phenols is 1. The lowest BCUT2D eigenvalue weighted by molar-refractivity contribution is -0.147. The van der Waals surface area contributed by atoms with E-state index < -0.39 is 5.60 Å². The lowest BCUT2D eigenvalue weighted by Crippen LogP contribution is -2.31. The number of ether oxygens (including phenoxy) is 2. The molecule has 2 saturated heterocycles. The molecule has 0 saturated carbocycles. The van der Waals surface area contributed by atoms with Gasteiger partial charge in [-0.3, -0.25) is 4.79 Å². The van der Waals surface area contributed by atoms with Gasteiger partial charge in [-0.2, -0.15) is 0 Å². The Morgan fingerprint density at radius 1 is 0.900 bits per heavy atom. The minimum absolute atomic E-state index is 0.0453. The second-order valence-corrected chi connectivity index (χ2v) is 9.93. The highest BCUT2D eigenvalue weighted by molar-refractivity contribution is 5.73. The Morgan fingerprint density at radius 2 is 1.47 bits per heavy atom. The van der Waals surface area contributed by atoms with E-state index >= 15 is 0 Å². The molecule has 0 aliphatic carbocycles. The van der Waals surface area contributed by atoms with Gasteiger partial charge in [0.2, 0.25) is 0 Å². The smallest absolute Gasteiger partial charge is 0.309 e. The molecule has 4 nitrogen and oxygen atoms in total.